The number of carbonyl (C=O) groups is 1. The number of hydrogen-bond donors (Lipinski definition) is 2. The largest absolute Gasteiger partial charge is 0.361 e. The minimum atomic E-state index is -3.41. The van der Waals surface area contributed by atoms with Crippen molar-refractivity contribution in [3.63, 3.8) is 0 Å². The molecule has 154 valence electrons. The molecule has 1 saturated heterocycles. The smallest absolute Gasteiger partial charge is 0.240 e. The van der Waals surface area contributed by atoms with Crippen molar-refractivity contribution in [2.45, 2.75) is 38.1 Å². The number of carbonyl (C=O) groups excluding carboxylic acids is 1. The zero-order valence-electron chi connectivity index (χ0n) is 16.5. The lowest BCUT2D eigenvalue weighted by molar-refractivity contribution is -0.134. The third kappa shape index (κ3) is 4.90. The van der Waals surface area contributed by atoms with Crippen LogP contribution < -0.4 is 4.72 Å². The van der Waals surface area contributed by atoms with Crippen LogP contribution in [0.3, 0.4) is 0 Å². The number of benzene rings is 1. The maximum atomic E-state index is 13.0. The Bertz CT molecular complexity index is 902. The highest BCUT2D eigenvalue weighted by Crippen LogP contribution is 2.33. The number of rotatable bonds is 8. The Morgan fingerprint density at radius 3 is 2.71 bits per heavy atom. The van der Waals surface area contributed by atoms with Gasteiger partial charge in [-0.1, -0.05) is 18.2 Å². The van der Waals surface area contributed by atoms with Crippen LogP contribution in [-0.4, -0.2) is 61.1 Å². The summed E-state index contributed by atoms with van der Waals surface area (Å²) in [5, 5.41) is 1.25. The summed E-state index contributed by atoms with van der Waals surface area (Å²) in [6.45, 7) is 2.91. The zero-order valence-corrected chi connectivity index (χ0v) is 18.1. The molecule has 1 amide bonds. The molecule has 6 nitrogen and oxygen atoms in total. The number of H-pyrrole nitrogens is 1. The van der Waals surface area contributed by atoms with E-state index in [-0.39, 0.29) is 11.7 Å². The van der Waals surface area contributed by atoms with Gasteiger partial charge in [-0.2, -0.15) is 11.8 Å². The van der Waals surface area contributed by atoms with Crippen LogP contribution in [0.1, 0.15) is 37.7 Å². The number of hydrogen-bond acceptors (Lipinski definition) is 4. The topological polar surface area (TPSA) is 82.3 Å². The number of aromatic amines is 1. The van der Waals surface area contributed by atoms with Crippen LogP contribution in [0.2, 0.25) is 0 Å². The molecule has 1 unspecified atom stereocenters. The van der Waals surface area contributed by atoms with Gasteiger partial charge in [0.15, 0.2) is 0 Å². The summed E-state index contributed by atoms with van der Waals surface area (Å²) in [7, 11) is -3.41. The Morgan fingerprint density at radius 2 is 2.04 bits per heavy atom. The van der Waals surface area contributed by atoms with Gasteiger partial charge in [-0.15, -0.1) is 0 Å². The second-order valence-electron chi connectivity index (χ2n) is 7.24. The Labute approximate surface area is 171 Å². The molecular weight excluding hydrogens is 394 g/mol. The number of nitrogens with one attached hydrogen (secondary N) is 2. The highest BCUT2D eigenvalue weighted by atomic mass is 32.2. The lowest BCUT2D eigenvalue weighted by Gasteiger charge is -2.34. The van der Waals surface area contributed by atoms with Crippen molar-refractivity contribution in [3.8, 4) is 0 Å². The summed E-state index contributed by atoms with van der Waals surface area (Å²) < 4.78 is 26.6. The molecule has 1 aliphatic heterocycles. The van der Waals surface area contributed by atoms with Gasteiger partial charge in [0.2, 0.25) is 15.9 Å². The normalized spacial score (nSPS) is 17.1. The number of likely N-dealkylation sites (tertiary alicyclic amines) is 1. The molecule has 28 heavy (non-hydrogen) atoms. The molecule has 0 saturated carbocycles. The molecule has 0 spiro atoms. The van der Waals surface area contributed by atoms with Crippen molar-refractivity contribution in [2.24, 2.45) is 0 Å². The lowest BCUT2D eigenvalue weighted by atomic mass is 9.89. The fourth-order valence-corrected chi connectivity index (χ4v) is 5.12. The van der Waals surface area contributed by atoms with E-state index in [0.717, 1.165) is 24.1 Å². The average molecular weight is 424 g/mol. The second kappa shape index (κ2) is 9.33. The van der Waals surface area contributed by atoms with E-state index in [2.05, 4.69) is 34.1 Å². The van der Waals surface area contributed by atoms with Gasteiger partial charge in [0.25, 0.3) is 0 Å². The monoisotopic (exact) mass is 423 g/mol. The number of nitrogens with zero attached hydrogens (tertiary/aromatic N) is 1. The van der Waals surface area contributed by atoms with E-state index in [1.807, 2.05) is 17.2 Å². The first-order valence-corrected chi connectivity index (χ1v) is 12.8. The van der Waals surface area contributed by atoms with Gasteiger partial charge in [-0.3, -0.25) is 4.79 Å². The number of fused-ring (bicyclic) bond motifs is 1. The number of thioether (sulfide) groups is 1. The van der Waals surface area contributed by atoms with Gasteiger partial charge in [0.05, 0.1) is 5.75 Å². The molecule has 2 aromatic rings. The first kappa shape index (κ1) is 21.2. The van der Waals surface area contributed by atoms with E-state index in [0.29, 0.717) is 25.4 Å². The number of para-hydroxylation sites is 1. The molecule has 1 aliphatic rings. The van der Waals surface area contributed by atoms with E-state index in [9.17, 15) is 13.2 Å². The van der Waals surface area contributed by atoms with Crippen molar-refractivity contribution in [2.75, 3.05) is 30.9 Å². The van der Waals surface area contributed by atoms with Crippen LogP contribution in [0, 0.1) is 0 Å². The summed E-state index contributed by atoms with van der Waals surface area (Å²) in [5.41, 5.74) is 2.45. The summed E-state index contributed by atoms with van der Waals surface area (Å²) in [5.74, 6) is 1.05. The summed E-state index contributed by atoms with van der Waals surface area (Å²) in [6, 6.07) is 7.62. The highest BCUT2D eigenvalue weighted by Gasteiger charge is 2.31. The van der Waals surface area contributed by atoms with E-state index in [4.69, 9.17) is 0 Å². The van der Waals surface area contributed by atoms with Gasteiger partial charge in [-0.05, 0) is 55.7 Å². The van der Waals surface area contributed by atoms with Crippen molar-refractivity contribution in [1.82, 2.24) is 14.6 Å². The van der Waals surface area contributed by atoms with Crippen LogP contribution in [0.4, 0.5) is 0 Å². The molecule has 2 N–H and O–H groups in total. The van der Waals surface area contributed by atoms with Gasteiger partial charge in [0, 0.05) is 30.2 Å². The summed E-state index contributed by atoms with van der Waals surface area (Å²) in [6.07, 6.45) is 6.35. The first-order chi connectivity index (χ1) is 13.4. The number of amides is 1. The van der Waals surface area contributed by atoms with E-state index < -0.39 is 16.1 Å². The molecule has 8 heteroatoms. The molecule has 0 bridgehead atoms. The van der Waals surface area contributed by atoms with E-state index in [1.165, 1.54) is 10.9 Å². The molecule has 0 aliphatic carbocycles. The third-order valence-corrected chi connectivity index (χ3v) is 7.53. The Morgan fingerprint density at radius 1 is 1.32 bits per heavy atom. The van der Waals surface area contributed by atoms with E-state index >= 15 is 0 Å². The Kier molecular flexibility index (Phi) is 7.06. The fraction of sp³-hybridized carbons (Fsp3) is 0.550. The average Bonchev–Trinajstić information content (AvgIpc) is 3.15. The molecule has 1 aromatic carbocycles. The van der Waals surface area contributed by atoms with Crippen LogP contribution in [0.5, 0.6) is 0 Å². The van der Waals surface area contributed by atoms with Crippen molar-refractivity contribution in [3.05, 3.63) is 36.0 Å². The second-order valence-corrected chi connectivity index (χ2v) is 10.3. The zero-order chi connectivity index (χ0) is 20.1. The lowest BCUT2D eigenvalue weighted by Crippen LogP contribution is -2.51. The van der Waals surface area contributed by atoms with Crippen LogP contribution >= 0.6 is 11.8 Å². The van der Waals surface area contributed by atoms with Gasteiger partial charge in [0.1, 0.15) is 6.04 Å². The molecule has 0 radical (unpaired) electrons. The van der Waals surface area contributed by atoms with Gasteiger partial charge in [-0.25, -0.2) is 13.1 Å². The quantitative estimate of drug-likeness (QED) is 0.684. The number of piperidine rings is 1. The van der Waals surface area contributed by atoms with Crippen molar-refractivity contribution >= 4 is 38.6 Å². The minimum Gasteiger partial charge on any atom is -0.361 e. The van der Waals surface area contributed by atoms with Crippen LogP contribution in [0.15, 0.2) is 30.5 Å². The number of sulfonamides is 1. The molecule has 2 heterocycles. The molecule has 1 fully saturated rings. The maximum absolute atomic E-state index is 13.0. The maximum Gasteiger partial charge on any atom is 0.240 e. The molecule has 3 rings (SSSR count). The van der Waals surface area contributed by atoms with E-state index in [1.54, 1.807) is 18.7 Å². The van der Waals surface area contributed by atoms with Crippen molar-refractivity contribution in [1.29, 1.82) is 0 Å². The predicted octanol–water partition coefficient (Wildman–Crippen LogP) is 2.93. The molecule has 1 atom stereocenters. The van der Waals surface area contributed by atoms with Gasteiger partial charge >= 0.3 is 0 Å². The highest BCUT2D eigenvalue weighted by molar-refractivity contribution is 7.98. The van der Waals surface area contributed by atoms with Gasteiger partial charge < -0.3 is 9.88 Å². The third-order valence-electron chi connectivity index (χ3n) is 5.48. The molecular formula is C20H29N3O3S2. The first-order valence-electron chi connectivity index (χ1n) is 9.79. The minimum absolute atomic E-state index is 0.0152. The number of aromatic nitrogens is 1. The summed E-state index contributed by atoms with van der Waals surface area (Å²) >= 11 is 1.62. The van der Waals surface area contributed by atoms with Crippen molar-refractivity contribution < 1.29 is 13.2 Å². The molecule has 1 aromatic heterocycles. The fourth-order valence-electron chi connectivity index (χ4n) is 3.83. The van der Waals surface area contributed by atoms with Crippen LogP contribution in [-0.2, 0) is 14.8 Å². The standard InChI is InChI=1S/C20H29N3O3S2/c1-3-28(25,26)22-19(10-13-27-2)20(24)23-11-8-15(9-12-23)17-14-21-18-7-5-4-6-16(17)18/h4-7,14-15,19,21-22H,3,8-13H2,1-2H3. The van der Waals surface area contributed by atoms with Crippen LogP contribution in [0.25, 0.3) is 10.9 Å². The summed E-state index contributed by atoms with van der Waals surface area (Å²) in [4.78, 5) is 18.1. The Balaban J connectivity index is 1.65. The Hall–Kier alpha value is -1.51. The predicted molar refractivity (Wildman–Crippen MR) is 116 cm³/mol. The SMILES string of the molecule is CCS(=O)(=O)NC(CCSC)C(=O)N1CCC(c2c[nH]c3ccccc23)CC1.